The molecule has 4 heteroatoms. The molecule has 0 aliphatic carbocycles. The lowest BCUT2D eigenvalue weighted by Crippen LogP contribution is -2.11. The Morgan fingerprint density at radius 2 is 0.773 bits per heavy atom. The van der Waals surface area contributed by atoms with E-state index in [1.54, 1.807) is 0 Å². The third-order valence-electron chi connectivity index (χ3n) is 15.3. The van der Waals surface area contributed by atoms with Crippen molar-refractivity contribution in [3.05, 3.63) is 129 Å². The lowest BCUT2D eigenvalue weighted by molar-refractivity contribution is 0.590. The van der Waals surface area contributed by atoms with Gasteiger partial charge in [0.25, 0.3) is 0 Å². The van der Waals surface area contributed by atoms with Crippen LogP contribution in [0.5, 0.6) is 0 Å². The van der Waals surface area contributed by atoms with Crippen molar-refractivity contribution in [1.29, 1.82) is 0 Å². The molecule has 5 aromatic heterocycles. The number of H-pyrrole nitrogens is 1. The van der Waals surface area contributed by atoms with Gasteiger partial charge in [-0.05, 0) is 134 Å². The highest BCUT2D eigenvalue weighted by Crippen LogP contribution is 2.52. The Morgan fingerprint density at radius 3 is 1.32 bits per heavy atom. The third-order valence-corrected chi connectivity index (χ3v) is 16.0. The van der Waals surface area contributed by atoms with Gasteiger partial charge in [-0.25, -0.2) is 0 Å². The smallest absolute Gasteiger partial charge is 0.0627 e. The van der Waals surface area contributed by atoms with Crippen LogP contribution in [0.1, 0.15) is 132 Å². The third kappa shape index (κ3) is 5.73. The molecule has 3 nitrogen and oxygen atoms in total. The SMILES string of the molecule is CC(C)(C)c1ccc2[nH]c3c(-c4c(Br)cc5c6cc7c(cc6n6c8ccc(C(C)(C)C)cc8c4c56)c4cc(C(C)(C)C)cc5c6cc(C(C)(C)C)ccc6n7c54)cc(C(C)(C)C)cc3c2c1. The van der Waals surface area contributed by atoms with E-state index in [0.29, 0.717) is 0 Å². The van der Waals surface area contributed by atoms with Gasteiger partial charge in [-0.2, -0.15) is 0 Å². The predicted octanol–water partition coefficient (Wildman–Crippen LogP) is 18.5. The van der Waals surface area contributed by atoms with Crippen molar-refractivity contribution in [2.75, 3.05) is 0 Å². The normalized spacial score (nSPS) is 14.1. The lowest BCUT2D eigenvalue weighted by atomic mass is 9.82. The molecule has 332 valence electrons. The molecule has 0 bridgehead atoms. The van der Waals surface area contributed by atoms with Crippen LogP contribution in [0.25, 0.3) is 109 Å². The van der Waals surface area contributed by atoms with Crippen molar-refractivity contribution in [3.8, 4) is 11.1 Å². The van der Waals surface area contributed by atoms with Crippen LogP contribution in [0.3, 0.4) is 0 Å². The number of fused-ring (bicyclic) bond motifs is 15. The number of benzene rings is 7. The molecule has 0 unspecified atom stereocenters. The van der Waals surface area contributed by atoms with Crippen LogP contribution in [0.4, 0.5) is 0 Å². The van der Waals surface area contributed by atoms with E-state index in [9.17, 15) is 0 Å². The van der Waals surface area contributed by atoms with Crippen LogP contribution in [-0.2, 0) is 27.1 Å². The van der Waals surface area contributed by atoms with Crippen LogP contribution < -0.4 is 0 Å². The number of hydrogen-bond donors (Lipinski definition) is 1. The van der Waals surface area contributed by atoms with Crippen LogP contribution in [-0.4, -0.2) is 13.8 Å². The van der Waals surface area contributed by atoms with Crippen molar-refractivity contribution in [2.45, 2.75) is 131 Å². The van der Waals surface area contributed by atoms with Crippen LogP contribution in [0, 0.1) is 0 Å². The summed E-state index contributed by atoms with van der Waals surface area (Å²) >= 11 is 4.35. The summed E-state index contributed by atoms with van der Waals surface area (Å²) in [5.41, 5.74) is 19.3. The zero-order chi connectivity index (χ0) is 46.7. The molecule has 0 atom stereocenters. The molecule has 0 aliphatic rings. The maximum atomic E-state index is 4.35. The predicted molar refractivity (Wildman–Crippen MR) is 292 cm³/mol. The maximum Gasteiger partial charge on any atom is 0.0627 e. The van der Waals surface area contributed by atoms with Gasteiger partial charge in [0.05, 0.1) is 38.6 Å². The first kappa shape index (κ1) is 41.8. The minimum atomic E-state index is -0.0661. The lowest BCUT2D eigenvalue weighted by Gasteiger charge is -2.22. The van der Waals surface area contributed by atoms with E-state index in [4.69, 9.17) is 0 Å². The zero-order valence-electron chi connectivity index (χ0n) is 41.5. The number of halogens is 1. The number of nitrogens with one attached hydrogen (secondary N) is 1. The number of hydrogen-bond acceptors (Lipinski definition) is 0. The van der Waals surface area contributed by atoms with Crippen molar-refractivity contribution >= 4 is 114 Å². The fourth-order valence-electron chi connectivity index (χ4n) is 11.3. The van der Waals surface area contributed by atoms with Crippen LogP contribution in [0.15, 0.2) is 102 Å². The topological polar surface area (TPSA) is 24.6 Å². The van der Waals surface area contributed by atoms with Crippen molar-refractivity contribution in [3.63, 3.8) is 0 Å². The molecule has 0 saturated heterocycles. The molecular weight excluding hydrogens is 867 g/mol. The molecule has 0 amide bonds. The molecule has 0 spiro atoms. The second-order valence-corrected chi connectivity index (χ2v) is 25.9. The van der Waals surface area contributed by atoms with E-state index >= 15 is 0 Å². The Labute approximate surface area is 397 Å². The molecule has 66 heavy (non-hydrogen) atoms. The zero-order valence-corrected chi connectivity index (χ0v) is 43.1. The van der Waals surface area contributed by atoms with Gasteiger partial charge in [0.2, 0.25) is 0 Å². The number of aromatic nitrogens is 3. The van der Waals surface area contributed by atoms with Crippen LogP contribution >= 0.6 is 15.9 Å². The quantitative estimate of drug-likeness (QED) is 0.170. The molecule has 1 N–H and O–H groups in total. The molecule has 7 aromatic carbocycles. The Bertz CT molecular complexity index is 4050. The van der Waals surface area contributed by atoms with Gasteiger partial charge in [0, 0.05) is 75.0 Å². The van der Waals surface area contributed by atoms with E-state index in [1.807, 2.05) is 0 Å². The van der Waals surface area contributed by atoms with Gasteiger partial charge in [-0.15, -0.1) is 0 Å². The molecule has 5 heterocycles. The largest absolute Gasteiger partial charge is 0.354 e. The van der Waals surface area contributed by atoms with Gasteiger partial charge in [-0.3, -0.25) is 0 Å². The monoisotopic (exact) mass is 927 g/mol. The summed E-state index contributed by atoms with van der Waals surface area (Å²) in [4.78, 5) is 3.99. The van der Waals surface area contributed by atoms with Gasteiger partial charge in [-0.1, -0.05) is 138 Å². The summed E-state index contributed by atoms with van der Waals surface area (Å²) in [6, 6.07) is 38.9. The van der Waals surface area contributed by atoms with Gasteiger partial charge in [0.15, 0.2) is 0 Å². The second kappa shape index (κ2) is 12.9. The number of nitrogens with zero attached hydrogens (tertiary/aromatic N) is 2. The first-order valence-electron chi connectivity index (χ1n) is 24.0. The number of aromatic amines is 1. The first-order valence-corrected chi connectivity index (χ1v) is 24.8. The van der Waals surface area contributed by atoms with E-state index in [-0.39, 0.29) is 27.1 Å². The molecule has 0 radical (unpaired) electrons. The second-order valence-electron chi connectivity index (χ2n) is 25.0. The molecular formula is C62H62BrN3. The standard InChI is InChI=1S/C62H62BrN3/c1-58(2,3)32-16-19-48-37(22-32)41-25-35(61(10,11)12)28-46(55(41)64-48)53-47(63)29-44-40-31-51-39(30-52(40)66-50-21-18-34(60(7,8)9)24-45(50)54(53)57(44)66)43-27-36(62(13,14)15)26-42-38-23-33(59(4,5)6)17-20-49(38)65(51)56(42)43/h16-31,64H,1-15H3. The van der Waals surface area contributed by atoms with E-state index < -0.39 is 0 Å². The van der Waals surface area contributed by atoms with Crippen molar-refractivity contribution < 1.29 is 0 Å². The minimum Gasteiger partial charge on any atom is -0.354 e. The van der Waals surface area contributed by atoms with Gasteiger partial charge >= 0.3 is 0 Å². The highest BCUT2D eigenvalue weighted by molar-refractivity contribution is 9.10. The summed E-state index contributed by atoms with van der Waals surface area (Å²) in [6.07, 6.45) is 0. The average Bonchev–Trinajstić information content (AvgIpc) is 4.01. The molecule has 0 aliphatic heterocycles. The fraction of sp³-hybridized carbons (Fsp3) is 0.323. The van der Waals surface area contributed by atoms with Crippen molar-refractivity contribution in [2.24, 2.45) is 0 Å². The summed E-state index contributed by atoms with van der Waals surface area (Å²) in [5.74, 6) is 0. The molecule has 12 rings (SSSR count). The Hall–Kier alpha value is -5.58. The first-order chi connectivity index (χ1) is 30.8. The van der Waals surface area contributed by atoms with E-state index in [2.05, 4.69) is 231 Å². The summed E-state index contributed by atoms with van der Waals surface area (Å²) in [5, 5.41) is 13.1. The Kier molecular flexibility index (Phi) is 8.17. The van der Waals surface area contributed by atoms with Gasteiger partial charge in [0.1, 0.15) is 0 Å². The summed E-state index contributed by atoms with van der Waals surface area (Å²) in [6.45, 7) is 35.0. The number of rotatable bonds is 1. The molecule has 0 saturated carbocycles. The highest BCUT2D eigenvalue weighted by atomic mass is 79.9. The van der Waals surface area contributed by atoms with Crippen molar-refractivity contribution in [1.82, 2.24) is 13.8 Å². The fourth-order valence-corrected chi connectivity index (χ4v) is 12.0. The maximum absolute atomic E-state index is 4.35. The summed E-state index contributed by atoms with van der Waals surface area (Å²) in [7, 11) is 0. The Balaban J connectivity index is 1.26. The van der Waals surface area contributed by atoms with E-state index in [1.165, 1.54) is 137 Å². The summed E-state index contributed by atoms with van der Waals surface area (Å²) < 4.78 is 6.30. The minimum absolute atomic E-state index is 0.0116. The molecule has 12 aromatic rings. The van der Waals surface area contributed by atoms with Crippen LogP contribution in [0.2, 0.25) is 0 Å². The molecule has 0 fully saturated rings. The Morgan fingerprint density at radius 1 is 0.364 bits per heavy atom. The van der Waals surface area contributed by atoms with E-state index in [0.717, 1.165) is 4.47 Å². The highest BCUT2D eigenvalue weighted by Gasteiger charge is 2.30. The van der Waals surface area contributed by atoms with Gasteiger partial charge < -0.3 is 13.8 Å². The average molecular weight is 929 g/mol.